The van der Waals surface area contributed by atoms with Gasteiger partial charge in [-0.2, -0.15) is 0 Å². The zero-order valence-electron chi connectivity index (χ0n) is 11.0. The predicted octanol–water partition coefficient (Wildman–Crippen LogP) is 0.988. The zero-order valence-corrected chi connectivity index (χ0v) is 11.0. The summed E-state index contributed by atoms with van der Waals surface area (Å²) in [4.78, 5) is 13.7. The van der Waals surface area contributed by atoms with Crippen molar-refractivity contribution in [1.29, 1.82) is 0 Å². The Bertz CT molecular complexity index is 421. The number of nitrogens with zero attached hydrogens (tertiary/aromatic N) is 2. The number of likely N-dealkylation sites (tertiary alicyclic amines) is 1. The Balaban J connectivity index is 1.84. The molecule has 0 unspecified atom stereocenters. The predicted molar refractivity (Wildman–Crippen MR) is 67.9 cm³/mol. The molecule has 0 saturated carbocycles. The van der Waals surface area contributed by atoms with Crippen LogP contribution in [0.15, 0.2) is 10.6 Å². The topological polar surface area (TPSA) is 87.8 Å². The number of hydrogen-bond donors (Lipinski definition) is 2. The quantitative estimate of drug-likeness (QED) is 0.851. The maximum absolute atomic E-state index is 12.0. The van der Waals surface area contributed by atoms with Crippen LogP contribution in [0.25, 0.3) is 0 Å². The molecule has 7 heteroatoms. The third-order valence-electron chi connectivity index (χ3n) is 2.97. The third kappa shape index (κ3) is 3.93. The van der Waals surface area contributed by atoms with Crippen LogP contribution in [0.4, 0.5) is 10.6 Å². The fourth-order valence-electron chi connectivity index (χ4n) is 2.09. The van der Waals surface area contributed by atoms with Gasteiger partial charge in [-0.25, -0.2) is 4.79 Å². The number of aliphatic hydroxyl groups excluding tert-OH is 1. The van der Waals surface area contributed by atoms with Gasteiger partial charge >= 0.3 is 6.03 Å². The lowest BCUT2D eigenvalue weighted by atomic mass is 10.1. The van der Waals surface area contributed by atoms with Gasteiger partial charge in [-0.15, -0.1) is 0 Å². The second kappa shape index (κ2) is 6.53. The van der Waals surface area contributed by atoms with E-state index in [1.54, 1.807) is 17.9 Å². The van der Waals surface area contributed by atoms with E-state index >= 15 is 0 Å². The molecule has 1 fully saturated rings. The molecule has 1 saturated heterocycles. The Kier molecular flexibility index (Phi) is 4.75. The number of aromatic nitrogens is 1. The highest BCUT2D eigenvalue weighted by atomic mass is 16.5. The lowest BCUT2D eigenvalue weighted by molar-refractivity contribution is -0.00463. The van der Waals surface area contributed by atoms with E-state index in [2.05, 4.69) is 10.5 Å². The first-order chi connectivity index (χ1) is 9.19. The average Bonchev–Trinajstić information content (AvgIpc) is 2.82. The van der Waals surface area contributed by atoms with Crippen molar-refractivity contribution >= 4 is 11.8 Å². The Morgan fingerprint density at radius 1 is 1.74 bits per heavy atom. The molecule has 1 aliphatic rings. The average molecular weight is 269 g/mol. The molecule has 0 spiro atoms. The van der Waals surface area contributed by atoms with Gasteiger partial charge in [-0.05, 0) is 19.8 Å². The standard InChI is InChI=1S/C12H19N3O4/c1-9-7-11(14-19-9)13-12(17)15-4-2-3-10(8-15)18-6-5-16/h7,10,16H,2-6,8H2,1H3,(H,13,14,17)/t10-/m0/s1. The van der Waals surface area contributed by atoms with Gasteiger partial charge in [0.25, 0.3) is 0 Å². The number of rotatable bonds is 4. The summed E-state index contributed by atoms with van der Waals surface area (Å²) in [7, 11) is 0. The SMILES string of the molecule is Cc1cc(NC(=O)N2CCC[C@H](OCCO)C2)no1. The Morgan fingerprint density at radius 2 is 2.58 bits per heavy atom. The Morgan fingerprint density at radius 3 is 3.26 bits per heavy atom. The van der Waals surface area contributed by atoms with Crippen LogP contribution in [-0.4, -0.2) is 53.6 Å². The summed E-state index contributed by atoms with van der Waals surface area (Å²) in [6.45, 7) is 3.30. The van der Waals surface area contributed by atoms with Gasteiger partial charge in [0.15, 0.2) is 5.82 Å². The minimum absolute atomic E-state index is 0.000906. The van der Waals surface area contributed by atoms with Crippen LogP contribution >= 0.6 is 0 Å². The van der Waals surface area contributed by atoms with E-state index < -0.39 is 0 Å². The minimum atomic E-state index is -0.203. The molecule has 2 N–H and O–H groups in total. The molecule has 2 rings (SSSR count). The zero-order chi connectivity index (χ0) is 13.7. The Labute approximate surface area is 111 Å². The minimum Gasteiger partial charge on any atom is -0.394 e. The van der Waals surface area contributed by atoms with Gasteiger partial charge in [0.1, 0.15) is 5.76 Å². The molecular formula is C12H19N3O4. The Hall–Kier alpha value is -1.60. The van der Waals surface area contributed by atoms with Crippen LogP contribution in [0.2, 0.25) is 0 Å². The molecule has 1 aromatic rings. The van der Waals surface area contributed by atoms with Gasteiger partial charge in [0, 0.05) is 19.2 Å². The highest BCUT2D eigenvalue weighted by molar-refractivity contribution is 5.88. The van der Waals surface area contributed by atoms with Gasteiger partial charge < -0.3 is 19.3 Å². The number of hydrogen-bond acceptors (Lipinski definition) is 5. The highest BCUT2D eigenvalue weighted by Crippen LogP contribution is 2.15. The van der Waals surface area contributed by atoms with E-state index in [-0.39, 0.29) is 18.7 Å². The van der Waals surface area contributed by atoms with E-state index in [1.807, 2.05) is 0 Å². The lowest BCUT2D eigenvalue weighted by Gasteiger charge is -2.32. The normalized spacial score (nSPS) is 19.5. The van der Waals surface area contributed by atoms with Gasteiger partial charge in [-0.3, -0.25) is 5.32 Å². The lowest BCUT2D eigenvalue weighted by Crippen LogP contribution is -2.45. The van der Waals surface area contributed by atoms with Crippen molar-refractivity contribution in [2.75, 3.05) is 31.6 Å². The summed E-state index contributed by atoms with van der Waals surface area (Å²) in [6, 6.07) is 1.47. The fraction of sp³-hybridized carbons (Fsp3) is 0.667. The second-order valence-electron chi connectivity index (χ2n) is 4.56. The van der Waals surface area contributed by atoms with Crippen molar-refractivity contribution in [2.45, 2.75) is 25.9 Å². The van der Waals surface area contributed by atoms with E-state index in [0.717, 1.165) is 12.8 Å². The molecule has 106 valence electrons. The number of urea groups is 1. The van der Waals surface area contributed by atoms with Gasteiger partial charge in [0.2, 0.25) is 0 Å². The number of ether oxygens (including phenoxy) is 1. The van der Waals surface area contributed by atoms with Crippen LogP contribution in [0.5, 0.6) is 0 Å². The number of aryl methyl sites for hydroxylation is 1. The van der Waals surface area contributed by atoms with Gasteiger partial charge in [0.05, 0.1) is 19.3 Å². The molecular weight excluding hydrogens is 250 g/mol. The van der Waals surface area contributed by atoms with Crippen molar-refractivity contribution in [3.05, 3.63) is 11.8 Å². The first-order valence-electron chi connectivity index (χ1n) is 6.40. The van der Waals surface area contributed by atoms with Crippen LogP contribution in [0.3, 0.4) is 0 Å². The summed E-state index contributed by atoms with van der Waals surface area (Å²) in [5, 5.41) is 15.1. The van der Waals surface area contributed by atoms with Crippen LogP contribution in [-0.2, 0) is 4.74 Å². The van der Waals surface area contributed by atoms with E-state index in [4.69, 9.17) is 14.4 Å². The van der Waals surface area contributed by atoms with Crippen molar-refractivity contribution in [3.63, 3.8) is 0 Å². The van der Waals surface area contributed by atoms with Crippen LogP contribution in [0.1, 0.15) is 18.6 Å². The molecule has 7 nitrogen and oxygen atoms in total. The first-order valence-corrected chi connectivity index (χ1v) is 6.40. The highest BCUT2D eigenvalue weighted by Gasteiger charge is 2.24. The summed E-state index contributed by atoms with van der Waals surface area (Å²) in [5.74, 6) is 1.07. The molecule has 1 aromatic heterocycles. The molecule has 2 amide bonds. The van der Waals surface area contributed by atoms with Crippen molar-refractivity contribution in [3.8, 4) is 0 Å². The number of piperidine rings is 1. The summed E-state index contributed by atoms with van der Waals surface area (Å²) in [5.41, 5.74) is 0. The van der Waals surface area contributed by atoms with Crippen LogP contribution < -0.4 is 5.32 Å². The van der Waals surface area contributed by atoms with Crippen molar-refractivity contribution in [2.24, 2.45) is 0 Å². The fourth-order valence-corrected chi connectivity index (χ4v) is 2.09. The number of aliphatic hydroxyl groups is 1. The molecule has 2 heterocycles. The largest absolute Gasteiger partial charge is 0.394 e. The molecule has 1 aliphatic heterocycles. The first kappa shape index (κ1) is 13.8. The molecule has 1 atom stereocenters. The van der Waals surface area contributed by atoms with E-state index in [0.29, 0.717) is 31.3 Å². The van der Waals surface area contributed by atoms with Crippen molar-refractivity contribution in [1.82, 2.24) is 10.1 Å². The number of nitrogens with one attached hydrogen (secondary N) is 1. The molecule has 19 heavy (non-hydrogen) atoms. The molecule has 0 radical (unpaired) electrons. The summed E-state index contributed by atoms with van der Waals surface area (Å²) < 4.78 is 10.4. The van der Waals surface area contributed by atoms with E-state index in [1.165, 1.54) is 0 Å². The molecule has 0 bridgehead atoms. The maximum Gasteiger partial charge on any atom is 0.323 e. The number of carbonyl (C=O) groups is 1. The van der Waals surface area contributed by atoms with E-state index in [9.17, 15) is 4.79 Å². The third-order valence-corrected chi connectivity index (χ3v) is 2.97. The smallest absolute Gasteiger partial charge is 0.323 e. The van der Waals surface area contributed by atoms with Crippen molar-refractivity contribution < 1.29 is 19.2 Å². The molecule has 0 aliphatic carbocycles. The maximum atomic E-state index is 12.0. The second-order valence-corrected chi connectivity index (χ2v) is 4.56. The van der Waals surface area contributed by atoms with Crippen LogP contribution in [0, 0.1) is 6.92 Å². The summed E-state index contributed by atoms with van der Waals surface area (Å²) in [6.07, 6.45) is 1.79. The number of amides is 2. The number of carbonyl (C=O) groups excluding carboxylic acids is 1. The molecule has 0 aromatic carbocycles. The number of anilines is 1. The summed E-state index contributed by atoms with van der Waals surface area (Å²) >= 11 is 0. The monoisotopic (exact) mass is 269 g/mol. The van der Waals surface area contributed by atoms with Gasteiger partial charge in [-0.1, -0.05) is 5.16 Å².